The lowest BCUT2D eigenvalue weighted by atomic mass is 9.93. The number of rotatable bonds is 5. The van der Waals surface area contributed by atoms with Crippen molar-refractivity contribution in [3.05, 3.63) is 29.8 Å². The number of thiocarbonyl (C=S) groups is 1. The highest BCUT2D eigenvalue weighted by Crippen LogP contribution is 2.13. The van der Waals surface area contributed by atoms with Crippen LogP contribution < -0.4 is 10.6 Å². The topological polar surface area (TPSA) is 47.8 Å². The molecular weight excluding hydrogens is 266 g/mol. The van der Waals surface area contributed by atoms with E-state index in [9.17, 15) is 0 Å². The molecule has 0 aliphatic carbocycles. The Balaban J connectivity index is 2.59. The second-order valence-corrected chi connectivity index (χ2v) is 6.05. The van der Waals surface area contributed by atoms with E-state index < -0.39 is 0 Å². The van der Waals surface area contributed by atoms with Crippen molar-refractivity contribution in [1.82, 2.24) is 5.32 Å². The molecule has 0 saturated carbocycles. The number of anilines is 1. The van der Waals surface area contributed by atoms with Crippen molar-refractivity contribution >= 4 is 23.0 Å². The Morgan fingerprint density at radius 1 is 1.15 bits per heavy atom. The highest BCUT2D eigenvalue weighted by atomic mass is 32.1. The van der Waals surface area contributed by atoms with Crippen molar-refractivity contribution in [3.8, 4) is 6.07 Å². The molecule has 0 aliphatic heterocycles. The fourth-order valence-electron chi connectivity index (χ4n) is 2.22. The Hall–Kier alpha value is -1.60. The molecule has 108 valence electrons. The third kappa shape index (κ3) is 5.18. The van der Waals surface area contributed by atoms with Gasteiger partial charge in [0.1, 0.15) is 0 Å². The summed E-state index contributed by atoms with van der Waals surface area (Å²) in [6.45, 7) is 8.77. The van der Waals surface area contributed by atoms with Crippen LogP contribution in [0.25, 0.3) is 0 Å². The molecule has 0 aliphatic rings. The third-order valence-electron chi connectivity index (χ3n) is 3.23. The van der Waals surface area contributed by atoms with Crippen LogP contribution in [0.15, 0.2) is 24.3 Å². The Kier molecular flexibility index (Phi) is 6.47. The molecule has 0 amide bonds. The van der Waals surface area contributed by atoms with Gasteiger partial charge in [-0.3, -0.25) is 0 Å². The third-order valence-corrected chi connectivity index (χ3v) is 3.45. The normalized spacial score (nSPS) is 10.7. The maximum Gasteiger partial charge on any atom is 0.171 e. The van der Waals surface area contributed by atoms with Crippen LogP contribution in [0.2, 0.25) is 0 Å². The van der Waals surface area contributed by atoms with Gasteiger partial charge in [-0.25, -0.2) is 0 Å². The summed E-state index contributed by atoms with van der Waals surface area (Å²) < 4.78 is 0. The molecule has 20 heavy (non-hydrogen) atoms. The summed E-state index contributed by atoms with van der Waals surface area (Å²) in [5.74, 6) is 1.04. The zero-order valence-electron chi connectivity index (χ0n) is 12.6. The van der Waals surface area contributed by atoms with Crippen molar-refractivity contribution < 1.29 is 0 Å². The van der Waals surface area contributed by atoms with E-state index in [0.29, 0.717) is 29.4 Å². The minimum atomic E-state index is 0.355. The fraction of sp³-hybridized carbons (Fsp3) is 0.500. The molecule has 4 heteroatoms. The summed E-state index contributed by atoms with van der Waals surface area (Å²) in [4.78, 5) is 0. The van der Waals surface area contributed by atoms with E-state index in [0.717, 1.165) is 11.3 Å². The minimum Gasteiger partial charge on any atom is -0.359 e. The summed E-state index contributed by atoms with van der Waals surface area (Å²) in [7, 11) is 0. The molecule has 1 rings (SSSR count). The molecule has 1 aromatic carbocycles. The van der Waals surface area contributed by atoms with Crippen LogP contribution in [0.3, 0.4) is 0 Å². The van der Waals surface area contributed by atoms with Gasteiger partial charge in [-0.1, -0.05) is 39.8 Å². The number of nitrogens with zero attached hydrogens (tertiary/aromatic N) is 1. The van der Waals surface area contributed by atoms with Gasteiger partial charge in [0, 0.05) is 11.7 Å². The van der Waals surface area contributed by atoms with Crippen LogP contribution in [-0.2, 0) is 6.42 Å². The van der Waals surface area contributed by atoms with Gasteiger partial charge in [0.2, 0.25) is 0 Å². The molecule has 0 radical (unpaired) electrons. The van der Waals surface area contributed by atoms with Gasteiger partial charge in [-0.2, -0.15) is 5.26 Å². The Labute approximate surface area is 127 Å². The van der Waals surface area contributed by atoms with Crippen LogP contribution >= 0.6 is 12.2 Å². The number of benzene rings is 1. The Morgan fingerprint density at radius 2 is 1.70 bits per heavy atom. The molecule has 0 saturated heterocycles. The first-order valence-electron chi connectivity index (χ1n) is 6.97. The maximum atomic E-state index is 8.64. The van der Waals surface area contributed by atoms with Gasteiger partial charge in [-0.05, 0) is 41.7 Å². The maximum absolute atomic E-state index is 8.64. The quantitative estimate of drug-likeness (QED) is 0.811. The highest BCUT2D eigenvalue weighted by Gasteiger charge is 2.17. The van der Waals surface area contributed by atoms with E-state index in [-0.39, 0.29) is 0 Å². The van der Waals surface area contributed by atoms with Crippen LogP contribution in [0.1, 0.15) is 33.3 Å². The molecule has 0 atom stereocenters. The molecule has 0 spiro atoms. The molecular formula is C16H23N3S. The molecule has 0 fully saturated rings. The standard InChI is InChI=1S/C16H23N3S/c1-11(2)15(12(3)4)19-16(20)18-14-7-5-13(6-8-14)9-10-17/h5-8,11-12,15H,9H2,1-4H3,(H2,18,19,20). The van der Waals surface area contributed by atoms with Gasteiger partial charge < -0.3 is 10.6 Å². The summed E-state index contributed by atoms with van der Waals surface area (Å²) >= 11 is 5.36. The van der Waals surface area contributed by atoms with Crippen molar-refractivity contribution in [2.75, 3.05) is 5.32 Å². The van der Waals surface area contributed by atoms with Crippen LogP contribution in [0.5, 0.6) is 0 Å². The fourth-order valence-corrected chi connectivity index (χ4v) is 2.47. The van der Waals surface area contributed by atoms with E-state index in [1.165, 1.54) is 0 Å². The Bertz CT molecular complexity index is 463. The first-order chi connectivity index (χ1) is 9.43. The predicted molar refractivity (Wildman–Crippen MR) is 88.6 cm³/mol. The first-order valence-corrected chi connectivity index (χ1v) is 7.38. The summed E-state index contributed by atoms with van der Waals surface area (Å²) in [6.07, 6.45) is 0.436. The van der Waals surface area contributed by atoms with Gasteiger partial charge in [-0.15, -0.1) is 0 Å². The van der Waals surface area contributed by atoms with Crippen molar-refractivity contribution in [2.24, 2.45) is 11.8 Å². The summed E-state index contributed by atoms with van der Waals surface area (Å²) in [5, 5.41) is 15.8. The molecule has 3 nitrogen and oxygen atoms in total. The van der Waals surface area contributed by atoms with Crippen LogP contribution in [-0.4, -0.2) is 11.2 Å². The second kappa shape index (κ2) is 7.86. The van der Waals surface area contributed by atoms with Gasteiger partial charge in [0.05, 0.1) is 12.5 Å². The molecule has 1 aromatic rings. The average molecular weight is 289 g/mol. The zero-order chi connectivity index (χ0) is 15.1. The average Bonchev–Trinajstić information content (AvgIpc) is 2.38. The molecule has 2 N–H and O–H groups in total. The van der Waals surface area contributed by atoms with E-state index in [2.05, 4.69) is 44.4 Å². The van der Waals surface area contributed by atoms with Crippen LogP contribution in [0, 0.1) is 23.2 Å². The van der Waals surface area contributed by atoms with Crippen molar-refractivity contribution in [2.45, 2.75) is 40.2 Å². The van der Waals surface area contributed by atoms with Gasteiger partial charge in [0.25, 0.3) is 0 Å². The van der Waals surface area contributed by atoms with Crippen LogP contribution in [0.4, 0.5) is 5.69 Å². The van der Waals surface area contributed by atoms with Crippen molar-refractivity contribution in [1.29, 1.82) is 5.26 Å². The predicted octanol–water partition coefficient (Wildman–Crippen LogP) is 3.72. The second-order valence-electron chi connectivity index (χ2n) is 5.64. The smallest absolute Gasteiger partial charge is 0.171 e. The van der Waals surface area contributed by atoms with E-state index in [1.54, 1.807) is 0 Å². The lowest BCUT2D eigenvalue weighted by Crippen LogP contribution is -2.44. The zero-order valence-corrected chi connectivity index (χ0v) is 13.4. The van der Waals surface area contributed by atoms with E-state index in [1.807, 2.05) is 24.3 Å². The Morgan fingerprint density at radius 3 is 2.15 bits per heavy atom. The summed E-state index contributed by atoms with van der Waals surface area (Å²) in [5.41, 5.74) is 1.95. The largest absolute Gasteiger partial charge is 0.359 e. The number of hydrogen-bond donors (Lipinski definition) is 2. The van der Waals surface area contributed by atoms with Gasteiger partial charge in [0.15, 0.2) is 5.11 Å². The number of hydrogen-bond acceptors (Lipinski definition) is 2. The summed E-state index contributed by atoms with van der Waals surface area (Å²) in [6, 6.07) is 10.3. The first kappa shape index (κ1) is 16.5. The lowest BCUT2D eigenvalue weighted by Gasteiger charge is -2.27. The highest BCUT2D eigenvalue weighted by molar-refractivity contribution is 7.80. The molecule has 0 unspecified atom stereocenters. The van der Waals surface area contributed by atoms with E-state index >= 15 is 0 Å². The SMILES string of the molecule is CC(C)C(NC(=S)Nc1ccc(CC#N)cc1)C(C)C. The van der Waals surface area contributed by atoms with Crippen molar-refractivity contribution in [3.63, 3.8) is 0 Å². The van der Waals surface area contributed by atoms with Gasteiger partial charge >= 0.3 is 0 Å². The minimum absolute atomic E-state index is 0.355. The monoisotopic (exact) mass is 289 g/mol. The molecule has 0 bridgehead atoms. The number of nitriles is 1. The molecule has 0 aromatic heterocycles. The lowest BCUT2D eigenvalue weighted by molar-refractivity contribution is 0.356. The number of nitrogens with one attached hydrogen (secondary N) is 2. The molecule has 0 heterocycles. The van der Waals surface area contributed by atoms with E-state index in [4.69, 9.17) is 17.5 Å².